The number of methoxy groups -OCH3 is 2. The van der Waals surface area contributed by atoms with E-state index in [9.17, 15) is 9.59 Å². The van der Waals surface area contributed by atoms with Crippen molar-refractivity contribution in [2.75, 3.05) is 38.0 Å². The number of hydrogen-bond acceptors (Lipinski definition) is 6. The highest BCUT2D eigenvalue weighted by molar-refractivity contribution is 8.00. The van der Waals surface area contributed by atoms with Crippen LogP contribution in [0.1, 0.15) is 51.0 Å². The van der Waals surface area contributed by atoms with Gasteiger partial charge >= 0.3 is 0 Å². The van der Waals surface area contributed by atoms with Crippen LogP contribution in [0.5, 0.6) is 11.5 Å². The van der Waals surface area contributed by atoms with Crippen LogP contribution in [-0.2, 0) is 15.1 Å². The van der Waals surface area contributed by atoms with E-state index >= 15 is 0 Å². The summed E-state index contributed by atoms with van der Waals surface area (Å²) in [7, 11) is 3.27. The number of amides is 2. The van der Waals surface area contributed by atoms with Gasteiger partial charge < -0.3 is 14.8 Å². The highest BCUT2D eigenvalue weighted by atomic mass is 32.2. The van der Waals surface area contributed by atoms with E-state index in [4.69, 9.17) is 14.6 Å². The number of fused-ring (bicyclic) bond motifs is 1. The first-order valence-corrected chi connectivity index (χ1v) is 14.2. The van der Waals surface area contributed by atoms with Crippen molar-refractivity contribution in [1.29, 1.82) is 0 Å². The average Bonchev–Trinajstić information content (AvgIpc) is 3.25. The first-order chi connectivity index (χ1) is 18.5. The van der Waals surface area contributed by atoms with Gasteiger partial charge in [0.25, 0.3) is 0 Å². The monoisotopic (exact) mass is 550 g/mol. The molecule has 39 heavy (non-hydrogen) atoms. The van der Waals surface area contributed by atoms with E-state index in [0.717, 1.165) is 22.4 Å². The molecule has 4 rings (SSSR count). The Morgan fingerprint density at radius 1 is 1.13 bits per heavy atom. The largest absolute Gasteiger partial charge is 0.497 e. The number of benzene rings is 2. The predicted molar refractivity (Wildman–Crippen MR) is 157 cm³/mol. The van der Waals surface area contributed by atoms with E-state index < -0.39 is 5.54 Å². The van der Waals surface area contributed by atoms with E-state index in [1.165, 1.54) is 11.8 Å². The summed E-state index contributed by atoms with van der Waals surface area (Å²) in [5.74, 6) is 2.16. The van der Waals surface area contributed by atoms with Gasteiger partial charge in [-0.1, -0.05) is 44.2 Å². The lowest BCUT2D eigenvalue weighted by atomic mass is 9.98. The van der Waals surface area contributed by atoms with Crippen molar-refractivity contribution >= 4 is 29.4 Å². The molecule has 0 aliphatic carbocycles. The first-order valence-electron chi connectivity index (χ1n) is 13.1. The fourth-order valence-electron chi connectivity index (χ4n) is 4.60. The Kier molecular flexibility index (Phi) is 8.59. The van der Waals surface area contributed by atoms with Crippen LogP contribution < -0.4 is 19.7 Å². The maximum atomic E-state index is 13.8. The molecule has 0 bridgehead atoms. The minimum Gasteiger partial charge on any atom is -0.497 e. The zero-order valence-electron chi connectivity index (χ0n) is 23.8. The van der Waals surface area contributed by atoms with Crippen LogP contribution >= 0.6 is 11.8 Å². The van der Waals surface area contributed by atoms with Gasteiger partial charge in [0.05, 0.1) is 36.5 Å². The third-order valence-corrected chi connectivity index (χ3v) is 7.74. The smallest absolute Gasteiger partial charge is 0.240 e. The minimum atomic E-state index is -0.470. The summed E-state index contributed by atoms with van der Waals surface area (Å²) in [6.45, 7) is 10.7. The lowest BCUT2D eigenvalue weighted by molar-refractivity contribution is -0.123. The molecule has 0 saturated heterocycles. The molecule has 1 aliphatic heterocycles. The molecule has 1 atom stereocenters. The Hall–Kier alpha value is -3.46. The van der Waals surface area contributed by atoms with E-state index in [0.29, 0.717) is 29.8 Å². The fraction of sp³-hybridized carbons (Fsp3) is 0.433. The Morgan fingerprint density at radius 3 is 2.46 bits per heavy atom. The molecular formula is C30H38N4O4S. The minimum absolute atomic E-state index is 0.0862. The highest BCUT2D eigenvalue weighted by Crippen LogP contribution is 2.51. The molecular weight excluding hydrogens is 512 g/mol. The van der Waals surface area contributed by atoms with Crippen molar-refractivity contribution < 1.29 is 19.1 Å². The van der Waals surface area contributed by atoms with Crippen molar-refractivity contribution in [2.45, 2.75) is 45.4 Å². The van der Waals surface area contributed by atoms with Crippen LogP contribution in [0.4, 0.5) is 5.82 Å². The van der Waals surface area contributed by atoms with Gasteiger partial charge in [-0.25, -0.2) is 4.68 Å². The van der Waals surface area contributed by atoms with Crippen molar-refractivity contribution in [3.8, 4) is 22.8 Å². The number of aromatic nitrogens is 2. The number of carbonyl (C=O) groups is 2. The molecule has 1 aromatic heterocycles. The summed E-state index contributed by atoms with van der Waals surface area (Å²) in [4.78, 5) is 28.4. The number of nitrogens with one attached hydrogen (secondary N) is 1. The van der Waals surface area contributed by atoms with Gasteiger partial charge in [0.1, 0.15) is 23.9 Å². The van der Waals surface area contributed by atoms with Gasteiger partial charge in [0.15, 0.2) is 0 Å². The number of hydrogen-bond donors (Lipinski definition) is 1. The van der Waals surface area contributed by atoms with Gasteiger partial charge in [0, 0.05) is 23.2 Å². The molecule has 1 N–H and O–H groups in total. The number of nitrogens with zero attached hydrogens (tertiary/aromatic N) is 3. The van der Waals surface area contributed by atoms with Crippen LogP contribution in [0, 0.1) is 5.92 Å². The van der Waals surface area contributed by atoms with Crippen molar-refractivity contribution in [3.63, 3.8) is 0 Å². The van der Waals surface area contributed by atoms with E-state index in [-0.39, 0.29) is 29.4 Å². The van der Waals surface area contributed by atoms with Crippen molar-refractivity contribution in [1.82, 2.24) is 15.1 Å². The Balaban J connectivity index is 2.00. The Labute approximate surface area is 235 Å². The Morgan fingerprint density at radius 2 is 1.85 bits per heavy atom. The van der Waals surface area contributed by atoms with Gasteiger partial charge in [-0.05, 0) is 44.9 Å². The average molecular weight is 551 g/mol. The summed E-state index contributed by atoms with van der Waals surface area (Å²) in [5, 5.41) is 7.79. The normalized spacial score (nSPS) is 15.6. The number of rotatable bonds is 8. The zero-order valence-corrected chi connectivity index (χ0v) is 24.6. The van der Waals surface area contributed by atoms with Crippen LogP contribution in [-0.4, -0.2) is 54.7 Å². The molecule has 1 unspecified atom stereocenters. The quantitative estimate of drug-likeness (QED) is 0.412. The van der Waals surface area contributed by atoms with Gasteiger partial charge in [0.2, 0.25) is 11.8 Å². The molecule has 2 heterocycles. The topological polar surface area (TPSA) is 85.7 Å². The summed E-state index contributed by atoms with van der Waals surface area (Å²) in [6.07, 6.45) is 0. The first kappa shape index (κ1) is 28.5. The van der Waals surface area contributed by atoms with Crippen LogP contribution in [0.15, 0.2) is 48.5 Å². The second kappa shape index (κ2) is 11.7. The Bertz CT molecular complexity index is 1330. The van der Waals surface area contributed by atoms with Crippen molar-refractivity contribution in [3.05, 3.63) is 59.7 Å². The highest BCUT2D eigenvalue weighted by Gasteiger charge is 2.40. The molecule has 2 amide bonds. The van der Waals surface area contributed by atoms with Crippen molar-refractivity contribution in [2.24, 2.45) is 5.92 Å². The van der Waals surface area contributed by atoms with Gasteiger partial charge in [-0.15, -0.1) is 11.8 Å². The van der Waals surface area contributed by atoms with Crippen LogP contribution in [0.3, 0.4) is 0 Å². The van der Waals surface area contributed by atoms with E-state index in [1.807, 2.05) is 67.1 Å². The molecule has 0 fully saturated rings. The molecule has 8 nitrogen and oxygen atoms in total. The molecule has 3 aromatic rings. The molecule has 1 aliphatic rings. The van der Waals surface area contributed by atoms with Gasteiger partial charge in [-0.3, -0.25) is 14.5 Å². The number of thioether (sulfide) groups is 1. The van der Waals surface area contributed by atoms with Crippen LogP contribution in [0.25, 0.3) is 11.3 Å². The third kappa shape index (κ3) is 6.08. The summed E-state index contributed by atoms with van der Waals surface area (Å²) in [5.41, 5.74) is 2.98. The number of carbonyl (C=O) groups excluding carboxylic acids is 2. The second-order valence-electron chi connectivity index (χ2n) is 11.0. The van der Waals surface area contributed by atoms with E-state index in [1.54, 1.807) is 19.1 Å². The summed E-state index contributed by atoms with van der Waals surface area (Å²) < 4.78 is 13.2. The lowest BCUT2D eigenvalue weighted by Gasteiger charge is -2.29. The summed E-state index contributed by atoms with van der Waals surface area (Å²) >= 11 is 1.51. The SMILES string of the molecule is COc1ccc(OC)c(C2SCC(=O)N(CC(=O)NCC(C)C)c3c2c(-c2ccccc2)nn3C(C)(C)C)c1. The van der Waals surface area contributed by atoms with Crippen LogP contribution in [0.2, 0.25) is 0 Å². The molecule has 0 spiro atoms. The fourth-order valence-corrected chi connectivity index (χ4v) is 5.82. The molecule has 208 valence electrons. The standard InChI is InChI=1S/C30H38N4O4S/c1-19(2)16-31-24(35)17-33-25(36)18-39-28(22-15-21(37-6)13-14-23(22)38-7)26-27(20-11-9-8-10-12-20)32-34(29(26)33)30(3,4)5/h8-15,19,28H,16-18H2,1-7H3,(H,31,35). The molecule has 9 heteroatoms. The zero-order chi connectivity index (χ0) is 28.3. The maximum Gasteiger partial charge on any atom is 0.240 e. The second-order valence-corrected chi connectivity index (χ2v) is 12.1. The molecule has 0 saturated carbocycles. The third-order valence-electron chi connectivity index (χ3n) is 6.50. The lowest BCUT2D eigenvalue weighted by Crippen LogP contribution is -2.44. The molecule has 2 aromatic carbocycles. The number of ether oxygens (including phenoxy) is 2. The molecule has 0 radical (unpaired) electrons. The maximum absolute atomic E-state index is 13.8. The van der Waals surface area contributed by atoms with E-state index in [2.05, 4.69) is 26.1 Å². The van der Waals surface area contributed by atoms with Gasteiger partial charge in [-0.2, -0.15) is 5.10 Å². The summed E-state index contributed by atoms with van der Waals surface area (Å²) in [6, 6.07) is 15.7. The number of anilines is 1. The predicted octanol–water partition coefficient (Wildman–Crippen LogP) is 5.26.